The first-order valence-electron chi connectivity index (χ1n) is 11.3. The van der Waals surface area contributed by atoms with Gasteiger partial charge in [0.15, 0.2) is 11.5 Å². The Morgan fingerprint density at radius 2 is 2.09 bits per heavy atom. The maximum Gasteiger partial charge on any atom is 0.237 e. The van der Waals surface area contributed by atoms with Crippen LogP contribution in [0.1, 0.15) is 0 Å². The number of rotatable bonds is 5. The van der Waals surface area contributed by atoms with Gasteiger partial charge in [0.25, 0.3) is 0 Å². The molecule has 2 aliphatic heterocycles. The second-order valence-corrected chi connectivity index (χ2v) is 8.28. The molecule has 1 unspecified atom stereocenters. The molecular weight excluding hydrogens is 434 g/mol. The number of morpholine rings is 1. The van der Waals surface area contributed by atoms with Crippen LogP contribution in [-0.4, -0.2) is 70.0 Å². The standard InChI is InChI=1S/C24H25N7O3/c32-15-19-13-30(8-10-33-19)18-3-1-17(2-4-18)28-22-23-26-5-7-31(23)14-21(29-22)16-11-20-24(27-12-16)34-9-6-25-20/h1-5,7,11-12,14,19,25,32H,6,8-10,13,15H2,(H,28,29). The molecule has 0 spiro atoms. The number of ether oxygens (including phenoxy) is 2. The highest BCUT2D eigenvalue weighted by molar-refractivity contribution is 5.75. The summed E-state index contributed by atoms with van der Waals surface area (Å²) in [5.74, 6) is 1.27. The minimum atomic E-state index is -0.146. The van der Waals surface area contributed by atoms with Gasteiger partial charge < -0.3 is 34.5 Å². The van der Waals surface area contributed by atoms with E-state index in [1.165, 1.54) is 0 Å². The molecule has 10 heteroatoms. The predicted molar refractivity (Wildman–Crippen MR) is 129 cm³/mol. The lowest BCUT2D eigenvalue weighted by molar-refractivity contribution is 0.00357. The van der Waals surface area contributed by atoms with Crippen LogP contribution in [0, 0.1) is 0 Å². The second kappa shape index (κ2) is 8.81. The summed E-state index contributed by atoms with van der Waals surface area (Å²) in [7, 11) is 0. The maximum atomic E-state index is 9.41. The van der Waals surface area contributed by atoms with Crippen LogP contribution in [0.25, 0.3) is 16.9 Å². The molecule has 4 aromatic rings. The lowest BCUT2D eigenvalue weighted by atomic mass is 10.2. The molecule has 1 atom stereocenters. The van der Waals surface area contributed by atoms with Gasteiger partial charge in [0.05, 0.1) is 30.7 Å². The fourth-order valence-electron chi connectivity index (χ4n) is 4.28. The molecule has 0 saturated carbocycles. The molecule has 5 heterocycles. The zero-order chi connectivity index (χ0) is 22.9. The number of pyridine rings is 1. The molecule has 1 fully saturated rings. The van der Waals surface area contributed by atoms with Gasteiger partial charge in [0.2, 0.25) is 5.88 Å². The Morgan fingerprint density at radius 1 is 1.18 bits per heavy atom. The normalized spacial score (nSPS) is 17.7. The molecule has 2 aliphatic rings. The van der Waals surface area contributed by atoms with E-state index in [-0.39, 0.29) is 12.7 Å². The van der Waals surface area contributed by atoms with E-state index in [0.717, 1.165) is 47.1 Å². The molecule has 10 nitrogen and oxygen atoms in total. The number of aromatic nitrogens is 4. The quantitative estimate of drug-likeness (QED) is 0.415. The highest BCUT2D eigenvalue weighted by Crippen LogP contribution is 2.31. The summed E-state index contributed by atoms with van der Waals surface area (Å²) in [6.45, 7) is 3.48. The first-order chi connectivity index (χ1) is 16.8. The van der Waals surface area contributed by atoms with Gasteiger partial charge in [-0.15, -0.1) is 0 Å². The molecule has 174 valence electrons. The van der Waals surface area contributed by atoms with E-state index in [2.05, 4.69) is 37.6 Å². The van der Waals surface area contributed by atoms with Crippen molar-refractivity contribution in [2.45, 2.75) is 6.10 Å². The Kier molecular flexibility index (Phi) is 5.36. The topological polar surface area (TPSA) is 109 Å². The van der Waals surface area contributed by atoms with E-state index in [4.69, 9.17) is 14.5 Å². The van der Waals surface area contributed by atoms with Crippen LogP contribution in [0.2, 0.25) is 0 Å². The van der Waals surface area contributed by atoms with E-state index in [1.807, 2.05) is 35.0 Å². The third kappa shape index (κ3) is 3.97. The molecule has 3 N–H and O–H groups in total. The molecular formula is C24H25N7O3. The van der Waals surface area contributed by atoms with Crippen LogP contribution in [0.15, 0.2) is 55.1 Å². The van der Waals surface area contributed by atoms with E-state index in [0.29, 0.717) is 31.5 Å². The number of aliphatic hydroxyl groups is 1. The SMILES string of the molecule is OCC1CN(c2ccc(Nc3nc(-c4cnc5c(c4)NCCO5)cn4ccnc34)cc2)CCO1. The average Bonchev–Trinajstić information content (AvgIpc) is 3.38. The summed E-state index contributed by atoms with van der Waals surface area (Å²) in [5, 5.41) is 16.1. The maximum absolute atomic E-state index is 9.41. The summed E-state index contributed by atoms with van der Waals surface area (Å²) < 4.78 is 13.1. The zero-order valence-corrected chi connectivity index (χ0v) is 18.5. The molecule has 0 aliphatic carbocycles. The van der Waals surface area contributed by atoms with Gasteiger partial charge in [-0.05, 0) is 30.3 Å². The summed E-state index contributed by atoms with van der Waals surface area (Å²) >= 11 is 0. The zero-order valence-electron chi connectivity index (χ0n) is 18.5. The summed E-state index contributed by atoms with van der Waals surface area (Å²) in [6.07, 6.45) is 7.23. The number of fused-ring (bicyclic) bond motifs is 2. The van der Waals surface area contributed by atoms with Gasteiger partial charge in [-0.2, -0.15) is 0 Å². The number of imidazole rings is 1. The molecule has 6 rings (SSSR count). The number of hydrogen-bond donors (Lipinski definition) is 3. The molecule has 0 bridgehead atoms. The van der Waals surface area contributed by atoms with Crippen LogP contribution >= 0.6 is 0 Å². The molecule has 1 saturated heterocycles. The molecule has 0 amide bonds. The fourth-order valence-corrected chi connectivity index (χ4v) is 4.28. The number of nitrogens with one attached hydrogen (secondary N) is 2. The number of anilines is 4. The van der Waals surface area contributed by atoms with Crippen molar-refractivity contribution >= 4 is 28.5 Å². The third-order valence-electron chi connectivity index (χ3n) is 6.01. The van der Waals surface area contributed by atoms with Crippen molar-refractivity contribution in [1.29, 1.82) is 0 Å². The van der Waals surface area contributed by atoms with Crippen LogP contribution in [-0.2, 0) is 4.74 Å². The minimum Gasteiger partial charge on any atom is -0.474 e. The average molecular weight is 460 g/mol. The van der Waals surface area contributed by atoms with Gasteiger partial charge in [0, 0.05) is 61.4 Å². The highest BCUT2D eigenvalue weighted by Gasteiger charge is 2.20. The molecule has 34 heavy (non-hydrogen) atoms. The third-order valence-corrected chi connectivity index (χ3v) is 6.01. The first-order valence-corrected chi connectivity index (χ1v) is 11.3. The number of hydrogen-bond acceptors (Lipinski definition) is 9. The van der Waals surface area contributed by atoms with Crippen LogP contribution in [0.5, 0.6) is 5.88 Å². The van der Waals surface area contributed by atoms with Crippen molar-refractivity contribution in [3.8, 4) is 17.1 Å². The van der Waals surface area contributed by atoms with Gasteiger partial charge in [-0.25, -0.2) is 15.0 Å². The van der Waals surface area contributed by atoms with E-state index >= 15 is 0 Å². The highest BCUT2D eigenvalue weighted by atomic mass is 16.5. The first kappa shape index (κ1) is 20.7. The summed E-state index contributed by atoms with van der Waals surface area (Å²) in [5.41, 5.74) is 5.26. The monoisotopic (exact) mass is 459 g/mol. The lowest BCUT2D eigenvalue weighted by Gasteiger charge is -2.33. The van der Waals surface area contributed by atoms with Gasteiger partial charge in [-0.1, -0.05) is 0 Å². The Balaban J connectivity index is 1.28. The Hall–Kier alpha value is -3.89. The second-order valence-electron chi connectivity index (χ2n) is 8.28. The number of benzene rings is 1. The minimum absolute atomic E-state index is 0.0291. The van der Waals surface area contributed by atoms with Crippen molar-refractivity contribution in [3.05, 3.63) is 55.1 Å². The number of aliphatic hydroxyl groups excluding tert-OH is 1. The smallest absolute Gasteiger partial charge is 0.237 e. The van der Waals surface area contributed by atoms with E-state index < -0.39 is 0 Å². The molecule has 0 radical (unpaired) electrons. The van der Waals surface area contributed by atoms with Crippen LogP contribution in [0.3, 0.4) is 0 Å². The lowest BCUT2D eigenvalue weighted by Crippen LogP contribution is -2.44. The Labute approximate surface area is 196 Å². The summed E-state index contributed by atoms with van der Waals surface area (Å²) in [4.78, 5) is 16.0. The van der Waals surface area contributed by atoms with Crippen molar-refractivity contribution in [1.82, 2.24) is 19.4 Å². The van der Waals surface area contributed by atoms with Crippen LogP contribution < -0.4 is 20.3 Å². The molecule has 1 aromatic carbocycles. The van der Waals surface area contributed by atoms with E-state index in [1.54, 1.807) is 12.4 Å². The Bertz CT molecular complexity index is 1310. The van der Waals surface area contributed by atoms with E-state index in [9.17, 15) is 5.11 Å². The fraction of sp³-hybridized carbons (Fsp3) is 0.292. The summed E-state index contributed by atoms with van der Waals surface area (Å²) in [6, 6.07) is 10.2. The van der Waals surface area contributed by atoms with Crippen LogP contribution in [0.4, 0.5) is 22.9 Å². The van der Waals surface area contributed by atoms with Gasteiger partial charge in [0.1, 0.15) is 6.61 Å². The van der Waals surface area contributed by atoms with Crippen molar-refractivity contribution in [3.63, 3.8) is 0 Å². The largest absolute Gasteiger partial charge is 0.474 e. The predicted octanol–water partition coefficient (Wildman–Crippen LogP) is 2.54. The van der Waals surface area contributed by atoms with Crippen molar-refractivity contribution in [2.75, 3.05) is 55.0 Å². The van der Waals surface area contributed by atoms with Gasteiger partial charge in [-0.3, -0.25) is 0 Å². The number of nitrogens with zero attached hydrogens (tertiary/aromatic N) is 5. The Morgan fingerprint density at radius 3 is 2.97 bits per heavy atom. The van der Waals surface area contributed by atoms with Crippen molar-refractivity contribution in [2.24, 2.45) is 0 Å². The van der Waals surface area contributed by atoms with Crippen molar-refractivity contribution < 1.29 is 14.6 Å². The van der Waals surface area contributed by atoms with Gasteiger partial charge >= 0.3 is 0 Å². The molecule has 3 aromatic heterocycles.